The SMILES string of the molecule is CC(C)(C)OC(=O)N1CCC[C@@H]1c1cc2cnc(Cl)cc2n1COCC[Si](C)(C)C. The van der Waals surface area contributed by atoms with Crippen LogP contribution in [0.25, 0.3) is 10.9 Å². The molecule has 0 saturated carbocycles. The number of carbonyl (C=O) groups excluding carboxylic acids is 1. The molecule has 30 heavy (non-hydrogen) atoms. The van der Waals surface area contributed by atoms with Crippen LogP contribution in [0.3, 0.4) is 0 Å². The van der Waals surface area contributed by atoms with Crippen LogP contribution in [0.4, 0.5) is 4.79 Å². The van der Waals surface area contributed by atoms with Crippen molar-refractivity contribution in [3.05, 3.63) is 29.2 Å². The third kappa shape index (κ3) is 5.77. The number of halogens is 1. The molecule has 3 heterocycles. The highest BCUT2D eigenvalue weighted by molar-refractivity contribution is 6.76. The number of nitrogens with zero attached hydrogens (tertiary/aromatic N) is 3. The number of carbonyl (C=O) groups is 1. The molecule has 1 amide bonds. The molecule has 1 aliphatic heterocycles. The summed E-state index contributed by atoms with van der Waals surface area (Å²) in [5.41, 5.74) is 1.51. The Kier molecular flexibility index (Phi) is 6.84. The number of likely N-dealkylation sites (tertiary alicyclic amines) is 1. The molecular weight excluding hydrogens is 418 g/mol. The summed E-state index contributed by atoms with van der Waals surface area (Å²) in [5.74, 6) is 0. The maximum absolute atomic E-state index is 12.8. The number of amides is 1. The summed E-state index contributed by atoms with van der Waals surface area (Å²) >= 11 is 6.19. The predicted molar refractivity (Wildman–Crippen MR) is 124 cm³/mol. The third-order valence-electron chi connectivity index (χ3n) is 5.22. The first-order valence-corrected chi connectivity index (χ1v) is 14.8. The minimum Gasteiger partial charge on any atom is -0.444 e. The van der Waals surface area contributed by atoms with Crippen LogP contribution in [0.5, 0.6) is 0 Å². The lowest BCUT2D eigenvalue weighted by Gasteiger charge is -2.29. The van der Waals surface area contributed by atoms with Crippen LogP contribution in [-0.2, 0) is 16.2 Å². The lowest BCUT2D eigenvalue weighted by molar-refractivity contribution is 0.0209. The highest BCUT2D eigenvalue weighted by atomic mass is 35.5. The number of fused-ring (bicyclic) bond motifs is 1. The van der Waals surface area contributed by atoms with E-state index >= 15 is 0 Å². The molecule has 0 aromatic carbocycles. The van der Waals surface area contributed by atoms with Crippen molar-refractivity contribution in [3.63, 3.8) is 0 Å². The summed E-state index contributed by atoms with van der Waals surface area (Å²) in [6.07, 6.45) is 3.36. The van der Waals surface area contributed by atoms with E-state index in [1.807, 2.05) is 31.7 Å². The highest BCUT2D eigenvalue weighted by Crippen LogP contribution is 2.36. The molecule has 166 valence electrons. The summed E-state index contributed by atoms with van der Waals surface area (Å²) in [7, 11) is -1.16. The van der Waals surface area contributed by atoms with Crippen LogP contribution in [-0.4, -0.2) is 47.4 Å². The maximum atomic E-state index is 12.8. The molecule has 1 atom stereocenters. The lowest BCUT2D eigenvalue weighted by atomic mass is 10.1. The second-order valence-electron chi connectivity index (χ2n) is 10.2. The Labute approximate surface area is 185 Å². The molecule has 0 unspecified atom stereocenters. The Morgan fingerprint density at radius 2 is 2.03 bits per heavy atom. The van der Waals surface area contributed by atoms with E-state index in [4.69, 9.17) is 21.1 Å². The zero-order valence-corrected chi connectivity index (χ0v) is 20.8. The molecule has 0 aliphatic carbocycles. The van der Waals surface area contributed by atoms with Crippen molar-refractivity contribution in [1.29, 1.82) is 0 Å². The van der Waals surface area contributed by atoms with Gasteiger partial charge in [-0.05, 0) is 51.8 Å². The summed E-state index contributed by atoms with van der Waals surface area (Å²) < 4.78 is 13.9. The standard InChI is InChI=1S/C22H34ClN3O3Si/c1-22(2,3)29-21(27)25-9-7-8-17(25)19-12-16-14-24-20(23)13-18(16)26(19)15-28-10-11-30(4,5)6/h12-14,17H,7-11,15H2,1-6H3/t17-/m1/s1. The normalized spacial score (nSPS) is 17.7. The van der Waals surface area contributed by atoms with Gasteiger partial charge in [0.25, 0.3) is 0 Å². The molecule has 0 bridgehead atoms. The number of hydrogen-bond acceptors (Lipinski definition) is 4. The van der Waals surface area contributed by atoms with Crippen LogP contribution in [0.1, 0.15) is 45.3 Å². The van der Waals surface area contributed by atoms with Crippen molar-refractivity contribution >= 4 is 36.7 Å². The van der Waals surface area contributed by atoms with Gasteiger partial charge in [-0.2, -0.15) is 0 Å². The number of pyridine rings is 1. The van der Waals surface area contributed by atoms with Gasteiger partial charge in [-0.25, -0.2) is 9.78 Å². The molecule has 1 fully saturated rings. The van der Waals surface area contributed by atoms with Crippen molar-refractivity contribution in [3.8, 4) is 0 Å². The van der Waals surface area contributed by atoms with Crippen molar-refractivity contribution in [2.45, 2.75) is 77.7 Å². The van der Waals surface area contributed by atoms with Crippen LogP contribution >= 0.6 is 11.6 Å². The van der Waals surface area contributed by atoms with E-state index in [9.17, 15) is 4.79 Å². The molecule has 6 nitrogen and oxygen atoms in total. The van der Waals surface area contributed by atoms with Gasteiger partial charge < -0.3 is 14.0 Å². The molecule has 3 rings (SSSR count). The first-order chi connectivity index (χ1) is 13.9. The molecule has 0 N–H and O–H groups in total. The first-order valence-electron chi connectivity index (χ1n) is 10.7. The number of ether oxygens (including phenoxy) is 2. The van der Waals surface area contributed by atoms with Gasteiger partial charge in [0.1, 0.15) is 17.5 Å². The monoisotopic (exact) mass is 451 g/mol. The van der Waals surface area contributed by atoms with Gasteiger partial charge in [-0.3, -0.25) is 4.90 Å². The molecule has 2 aromatic rings. The van der Waals surface area contributed by atoms with Crippen molar-refractivity contribution < 1.29 is 14.3 Å². The van der Waals surface area contributed by atoms with Gasteiger partial charge >= 0.3 is 6.09 Å². The fraction of sp³-hybridized carbons (Fsp3) is 0.636. The second-order valence-corrected chi connectivity index (χ2v) is 16.3. The Balaban J connectivity index is 1.89. The minimum absolute atomic E-state index is 0.0494. The minimum atomic E-state index is -1.16. The molecule has 0 radical (unpaired) electrons. The van der Waals surface area contributed by atoms with E-state index in [-0.39, 0.29) is 12.1 Å². The Morgan fingerprint density at radius 3 is 2.70 bits per heavy atom. The van der Waals surface area contributed by atoms with E-state index < -0.39 is 13.7 Å². The van der Waals surface area contributed by atoms with Crippen LogP contribution in [0.15, 0.2) is 18.3 Å². The largest absolute Gasteiger partial charge is 0.444 e. The lowest BCUT2D eigenvalue weighted by Crippen LogP contribution is -2.37. The molecule has 2 aromatic heterocycles. The van der Waals surface area contributed by atoms with Gasteiger partial charge in [0, 0.05) is 38.5 Å². The Hall–Kier alpha value is -1.57. The highest BCUT2D eigenvalue weighted by Gasteiger charge is 2.35. The summed E-state index contributed by atoms with van der Waals surface area (Å²) in [6.45, 7) is 14.6. The number of rotatable bonds is 6. The number of hydrogen-bond donors (Lipinski definition) is 0. The van der Waals surface area contributed by atoms with Crippen LogP contribution in [0.2, 0.25) is 30.8 Å². The summed E-state index contributed by atoms with van der Waals surface area (Å²) in [5, 5.41) is 1.45. The molecule has 8 heteroatoms. The van der Waals surface area contributed by atoms with Gasteiger partial charge in [0.05, 0.1) is 11.6 Å². The number of aromatic nitrogens is 2. The zero-order chi connectivity index (χ0) is 22.1. The zero-order valence-electron chi connectivity index (χ0n) is 19.0. The summed E-state index contributed by atoms with van der Waals surface area (Å²) in [4.78, 5) is 18.9. The quantitative estimate of drug-likeness (QED) is 0.303. The molecule has 1 aliphatic rings. The first kappa shape index (κ1) is 23.1. The van der Waals surface area contributed by atoms with Crippen molar-refractivity contribution in [2.75, 3.05) is 13.2 Å². The fourth-order valence-corrected chi connectivity index (χ4v) is 4.63. The fourth-order valence-electron chi connectivity index (χ4n) is 3.72. The van der Waals surface area contributed by atoms with Crippen LogP contribution < -0.4 is 0 Å². The van der Waals surface area contributed by atoms with Gasteiger partial charge in [0.2, 0.25) is 0 Å². The predicted octanol–water partition coefficient (Wildman–Crippen LogP) is 6.07. The van der Waals surface area contributed by atoms with Crippen molar-refractivity contribution in [2.24, 2.45) is 0 Å². The van der Waals surface area contributed by atoms with E-state index in [0.717, 1.165) is 42.1 Å². The van der Waals surface area contributed by atoms with Gasteiger partial charge in [-0.15, -0.1) is 0 Å². The van der Waals surface area contributed by atoms with E-state index in [0.29, 0.717) is 18.4 Å². The molecule has 1 saturated heterocycles. The van der Waals surface area contributed by atoms with Gasteiger partial charge in [-0.1, -0.05) is 31.2 Å². The Morgan fingerprint density at radius 1 is 1.30 bits per heavy atom. The third-order valence-corrected chi connectivity index (χ3v) is 7.13. The van der Waals surface area contributed by atoms with Crippen LogP contribution in [0, 0.1) is 0 Å². The summed E-state index contributed by atoms with van der Waals surface area (Å²) in [6, 6.07) is 5.03. The van der Waals surface area contributed by atoms with E-state index in [1.54, 1.807) is 6.20 Å². The average Bonchev–Trinajstić information content (AvgIpc) is 3.20. The van der Waals surface area contributed by atoms with E-state index in [1.165, 1.54) is 0 Å². The average molecular weight is 452 g/mol. The van der Waals surface area contributed by atoms with Gasteiger partial charge in [0.15, 0.2) is 0 Å². The molecular formula is C22H34ClN3O3Si. The smallest absolute Gasteiger partial charge is 0.410 e. The second kappa shape index (κ2) is 8.89. The van der Waals surface area contributed by atoms with E-state index in [2.05, 4.69) is 35.3 Å². The molecule has 0 spiro atoms. The maximum Gasteiger partial charge on any atom is 0.410 e. The topological polar surface area (TPSA) is 56.6 Å². The van der Waals surface area contributed by atoms with Crippen molar-refractivity contribution in [1.82, 2.24) is 14.5 Å². The Bertz CT molecular complexity index is 901.